The van der Waals surface area contributed by atoms with Gasteiger partial charge in [-0.25, -0.2) is 0 Å². The molecule has 3 aliphatic rings. The van der Waals surface area contributed by atoms with Crippen molar-refractivity contribution in [3.63, 3.8) is 0 Å². The van der Waals surface area contributed by atoms with E-state index in [4.69, 9.17) is 0 Å². The Balaban J connectivity index is 2.39. The SMILES string of the molecule is CN1C(C)(C)CC(c2c(S(=O)(=O)O)c(C3CC(C)(C)N(C)C(C)(C)C3)c(S(=O)(=O)O)c(C3CC(C)(C)N(C)C(C)(C)C3)c2S(=O)(=O)O)CC1(C)C. The van der Waals surface area contributed by atoms with Crippen LogP contribution in [0.5, 0.6) is 0 Å². The van der Waals surface area contributed by atoms with Gasteiger partial charge in [-0.1, -0.05) is 0 Å². The Morgan fingerprint density at radius 3 is 0.647 bits per heavy atom. The fraction of sp³-hybridized carbons (Fsp3) is 0.833. The van der Waals surface area contributed by atoms with E-state index in [0.29, 0.717) is 0 Å². The fourth-order valence-corrected chi connectivity index (χ4v) is 13.9. The van der Waals surface area contributed by atoms with Crippen molar-refractivity contribution in [3.05, 3.63) is 16.7 Å². The molecule has 3 aliphatic heterocycles. The molecule has 0 saturated carbocycles. The van der Waals surface area contributed by atoms with Gasteiger partial charge in [-0.2, -0.15) is 25.3 Å². The lowest BCUT2D eigenvalue weighted by molar-refractivity contribution is -0.0168. The van der Waals surface area contributed by atoms with Crippen LogP contribution in [0.4, 0.5) is 0 Å². The van der Waals surface area contributed by atoms with Crippen LogP contribution in [-0.4, -0.2) is 108 Å². The van der Waals surface area contributed by atoms with Crippen molar-refractivity contribution in [2.45, 2.75) is 187 Å². The van der Waals surface area contributed by atoms with Gasteiger partial charge in [-0.3, -0.25) is 28.4 Å². The number of likely N-dealkylation sites (tertiary alicyclic amines) is 3. The van der Waals surface area contributed by atoms with Gasteiger partial charge in [0.1, 0.15) is 14.7 Å². The summed E-state index contributed by atoms with van der Waals surface area (Å²) in [6, 6.07) is 0. The maximum Gasteiger partial charge on any atom is 0.295 e. The van der Waals surface area contributed by atoms with Crippen molar-refractivity contribution in [3.8, 4) is 0 Å². The highest BCUT2D eigenvalue weighted by molar-refractivity contribution is 7.87. The molecule has 0 atom stereocenters. The summed E-state index contributed by atoms with van der Waals surface area (Å²) < 4.78 is 118. The average molecular weight is 778 g/mol. The number of rotatable bonds is 6. The second-order valence-corrected chi connectivity index (χ2v) is 23.6. The van der Waals surface area contributed by atoms with Crippen LogP contribution >= 0.6 is 0 Å². The minimum absolute atomic E-state index is 0.233. The van der Waals surface area contributed by atoms with Gasteiger partial charge in [0.25, 0.3) is 30.4 Å². The van der Waals surface area contributed by atoms with Crippen LogP contribution < -0.4 is 0 Å². The molecule has 0 amide bonds. The topological polar surface area (TPSA) is 173 Å². The molecular formula is C36H63N3O9S3. The van der Waals surface area contributed by atoms with Gasteiger partial charge in [-0.05, 0) is 177 Å². The zero-order chi connectivity index (χ0) is 39.7. The van der Waals surface area contributed by atoms with Crippen LogP contribution in [0.25, 0.3) is 0 Å². The van der Waals surface area contributed by atoms with Crippen molar-refractivity contribution in [2.75, 3.05) is 21.1 Å². The predicted octanol–water partition coefficient (Wildman–Crippen LogP) is 6.53. The van der Waals surface area contributed by atoms with Crippen LogP contribution in [0.15, 0.2) is 14.7 Å². The molecule has 15 heteroatoms. The summed E-state index contributed by atoms with van der Waals surface area (Å²) >= 11 is 0. The minimum atomic E-state index is -5.39. The highest BCUT2D eigenvalue weighted by Gasteiger charge is 2.54. The van der Waals surface area contributed by atoms with Crippen LogP contribution in [0.2, 0.25) is 0 Å². The Morgan fingerprint density at radius 1 is 0.392 bits per heavy atom. The third-order valence-electron chi connectivity index (χ3n) is 13.4. The molecule has 4 rings (SSSR count). The molecule has 0 radical (unpaired) electrons. The highest BCUT2D eigenvalue weighted by atomic mass is 32.2. The van der Waals surface area contributed by atoms with E-state index >= 15 is 0 Å². The first-order valence-corrected chi connectivity index (χ1v) is 22.1. The van der Waals surface area contributed by atoms with Crippen LogP contribution in [0, 0.1) is 0 Å². The van der Waals surface area contributed by atoms with Crippen molar-refractivity contribution in [1.29, 1.82) is 0 Å². The van der Waals surface area contributed by atoms with E-state index in [9.17, 15) is 38.9 Å². The summed E-state index contributed by atoms with van der Waals surface area (Å²) in [5.74, 6) is -2.56. The van der Waals surface area contributed by atoms with Crippen molar-refractivity contribution in [2.24, 2.45) is 0 Å². The maximum atomic E-state index is 14.0. The summed E-state index contributed by atoms with van der Waals surface area (Å²) in [6.07, 6.45) is 1.40. The van der Waals surface area contributed by atoms with Crippen molar-refractivity contribution in [1.82, 2.24) is 14.7 Å². The molecule has 3 fully saturated rings. The molecular weight excluding hydrogens is 715 g/mol. The lowest BCUT2D eigenvalue weighted by Gasteiger charge is -2.56. The number of hydrogen-bond acceptors (Lipinski definition) is 9. The van der Waals surface area contributed by atoms with E-state index in [0.717, 1.165) is 0 Å². The summed E-state index contributed by atoms with van der Waals surface area (Å²) in [7, 11) is -10.4. The predicted molar refractivity (Wildman–Crippen MR) is 200 cm³/mol. The third-order valence-corrected chi connectivity index (χ3v) is 16.3. The molecule has 51 heavy (non-hydrogen) atoms. The standard InChI is InChI=1S/C36H63N3O9S3/c1-31(2)16-22(17-32(3,4)37(31)13)25-28(49(40,41)42)26(23-18-33(5,6)38(14)34(7,8)19-23)30(51(46,47)48)27(29(25)50(43,44)45)24-20-35(9,10)39(15)36(11,12)21-24/h22-24H,16-21H2,1-15H3,(H,40,41,42)(H,43,44,45)(H,46,47,48). The minimum Gasteiger partial charge on any atom is -0.296 e. The molecule has 0 aromatic heterocycles. The van der Waals surface area contributed by atoms with E-state index < -0.39 is 96.0 Å². The van der Waals surface area contributed by atoms with Crippen molar-refractivity contribution >= 4 is 30.4 Å². The zero-order valence-corrected chi connectivity index (χ0v) is 35.8. The summed E-state index contributed by atoms with van der Waals surface area (Å²) in [6.45, 7) is 23.5. The molecule has 294 valence electrons. The summed E-state index contributed by atoms with van der Waals surface area (Å²) in [5, 5.41) is 0. The molecule has 0 bridgehead atoms. The molecule has 3 heterocycles. The molecule has 1 aromatic rings. The maximum absolute atomic E-state index is 14.0. The van der Waals surface area contributed by atoms with Gasteiger partial charge in [0.2, 0.25) is 0 Å². The summed E-state index contributed by atoms with van der Waals surface area (Å²) in [5.41, 5.74) is -4.57. The number of piperidine rings is 3. The van der Waals surface area contributed by atoms with Gasteiger partial charge in [0.15, 0.2) is 0 Å². The van der Waals surface area contributed by atoms with Gasteiger partial charge < -0.3 is 0 Å². The van der Waals surface area contributed by atoms with E-state index in [1.54, 1.807) is 0 Å². The highest BCUT2D eigenvalue weighted by Crippen LogP contribution is 2.57. The van der Waals surface area contributed by atoms with Gasteiger partial charge in [-0.15, -0.1) is 0 Å². The molecule has 0 spiro atoms. The van der Waals surface area contributed by atoms with E-state index in [1.807, 2.05) is 104 Å². The molecule has 12 nitrogen and oxygen atoms in total. The van der Waals surface area contributed by atoms with E-state index in [1.165, 1.54) is 0 Å². The Morgan fingerprint density at radius 2 is 0.529 bits per heavy atom. The van der Waals surface area contributed by atoms with E-state index in [-0.39, 0.29) is 55.2 Å². The normalized spacial score (nSPS) is 26.7. The van der Waals surface area contributed by atoms with Gasteiger partial charge in [0.05, 0.1) is 0 Å². The second-order valence-electron chi connectivity index (χ2n) is 19.5. The Bertz CT molecular complexity index is 1620. The third kappa shape index (κ3) is 7.58. The number of hydrogen-bond donors (Lipinski definition) is 3. The average Bonchev–Trinajstić information content (AvgIpc) is 2.89. The Labute approximate surface area is 308 Å². The first-order chi connectivity index (χ1) is 22.4. The largest absolute Gasteiger partial charge is 0.296 e. The van der Waals surface area contributed by atoms with E-state index in [2.05, 4.69) is 14.7 Å². The Hall–Kier alpha value is -1.17. The molecule has 1 aromatic carbocycles. The molecule has 3 N–H and O–H groups in total. The fourth-order valence-electron chi connectivity index (χ4n) is 10.4. The zero-order valence-electron chi connectivity index (χ0n) is 33.3. The monoisotopic (exact) mass is 777 g/mol. The first-order valence-electron chi connectivity index (χ1n) is 17.8. The Kier molecular flexibility index (Phi) is 10.4. The van der Waals surface area contributed by atoms with Crippen LogP contribution in [0.3, 0.4) is 0 Å². The lowest BCUT2D eigenvalue weighted by Crippen LogP contribution is -2.59. The number of benzene rings is 1. The smallest absolute Gasteiger partial charge is 0.295 e. The molecule has 0 aliphatic carbocycles. The summed E-state index contributed by atoms with van der Waals surface area (Å²) in [4.78, 5) is 3.90. The van der Waals surface area contributed by atoms with Crippen molar-refractivity contribution < 1.29 is 38.9 Å². The van der Waals surface area contributed by atoms with Gasteiger partial charge in [0, 0.05) is 33.2 Å². The molecule has 0 unspecified atom stereocenters. The first kappa shape index (κ1) is 42.6. The van der Waals surface area contributed by atoms with Crippen LogP contribution in [-0.2, 0) is 30.4 Å². The second kappa shape index (κ2) is 12.4. The van der Waals surface area contributed by atoms with Gasteiger partial charge >= 0.3 is 0 Å². The number of nitrogens with zero attached hydrogens (tertiary/aromatic N) is 3. The lowest BCUT2D eigenvalue weighted by atomic mass is 9.67. The quantitative estimate of drug-likeness (QED) is 0.267. The molecule has 3 saturated heterocycles. The van der Waals surface area contributed by atoms with Crippen LogP contribution in [0.1, 0.15) is 156 Å².